The molecule has 2 aliphatic heterocycles. The topological polar surface area (TPSA) is 36.4 Å². The van der Waals surface area contributed by atoms with Crippen molar-refractivity contribution < 1.29 is 4.79 Å². The number of piperidine rings is 2. The molecule has 2 aromatic carbocycles. The van der Waals surface area contributed by atoms with Crippen molar-refractivity contribution in [3.63, 3.8) is 0 Å². The second-order valence-electron chi connectivity index (χ2n) is 9.96. The van der Waals surface area contributed by atoms with Crippen LogP contribution in [0, 0.1) is 5.92 Å². The first kappa shape index (κ1) is 23.3. The van der Waals surface area contributed by atoms with Crippen molar-refractivity contribution in [1.82, 2.24) is 14.8 Å². The van der Waals surface area contributed by atoms with Crippen LogP contribution in [0.4, 0.5) is 0 Å². The number of carbonyl (C=O) groups excluding carboxylic acids is 1. The van der Waals surface area contributed by atoms with Crippen molar-refractivity contribution in [3.05, 3.63) is 83.0 Å². The average molecular weight is 518 g/mol. The number of hydrogen-bond acceptors (Lipinski definition) is 3. The first-order chi connectivity index (χ1) is 16.4. The van der Waals surface area contributed by atoms with Gasteiger partial charge in [-0.15, -0.1) is 0 Å². The zero-order valence-corrected chi connectivity index (χ0v) is 21.4. The van der Waals surface area contributed by atoms with Gasteiger partial charge < -0.3 is 4.90 Å². The third-order valence-corrected chi connectivity index (χ3v) is 8.50. The van der Waals surface area contributed by atoms with Crippen molar-refractivity contribution in [2.75, 3.05) is 26.2 Å². The van der Waals surface area contributed by atoms with E-state index < -0.39 is 0 Å². The van der Waals surface area contributed by atoms with E-state index in [9.17, 15) is 4.79 Å². The summed E-state index contributed by atoms with van der Waals surface area (Å²) >= 11 is 3.52. The summed E-state index contributed by atoms with van der Waals surface area (Å²) in [5, 5.41) is 0.941. The minimum Gasteiger partial charge on any atom is -0.338 e. The van der Waals surface area contributed by atoms with Gasteiger partial charge >= 0.3 is 0 Å². The third kappa shape index (κ3) is 4.56. The lowest BCUT2D eigenvalue weighted by Crippen LogP contribution is -2.56. The lowest BCUT2D eigenvalue weighted by atomic mass is 9.81. The van der Waals surface area contributed by atoms with Crippen LogP contribution in [0.25, 0.3) is 16.5 Å². The molecule has 5 rings (SSSR count). The van der Waals surface area contributed by atoms with Crippen molar-refractivity contribution in [1.29, 1.82) is 0 Å². The molecule has 1 aromatic heterocycles. The van der Waals surface area contributed by atoms with Gasteiger partial charge in [0.15, 0.2) is 0 Å². The van der Waals surface area contributed by atoms with Crippen molar-refractivity contribution in [2.45, 2.75) is 38.1 Å². The number of hydrogen-bond donors (Lipinski definition) is 0. The van der Waals surface area contributed by atoms with Crippen LogP contribution in [0.15, 0.2) is 71.8 Å². The van der Waals surface area contributed by atoms with Gasteiger partial charge in [-0.3, -0.25) is 14.7 Å². The number of fused-ring (bicyclic) bond motifs is 1. The molecule has 0 spiro atoms. The number of carbonyl (C=O) groups is 1. The molecular weight excluding hydrogens is 486 g/mol. The maximum absolute atomic E-state index is 13.3. The summed E-state index contributed by atoms with van der Waals surface area (Å²) in [7, 11) is 0. The highest BCUT2D eigenvalue weighted by Gasteiger charge is 2.39. The lowest BCUT2D eigenvalue weighted by molar-refractivity contribution is 0.0159. The Kier molecular flexibility index (Phi) is 6.59. The SMILES string of the molecule is C=C(c1ccc(Br)cc1)C1CCN(C2(C)CCN(C(=O)c3ccnc4ccccc34)CC2)CC1. The van der Waals surface area contributed by atoms with Gasteiger partial charge in [0.1, 0.15) is 0 Å². The second-order valence-corrected chi connectivity index (χ2v) is 10.9. The monoisotopic (exact) mass is 517 g/mol. The van der Waals surface area contributed by atoms with E-state index in [1.807, 2.05) is 35.2 Å². The van der Waals surface area contributed by atoms with Gasteiger partial charge in [-0.2, -0.15) is 0 Å². The maximum atomic E-state index is 13.3. The van der Waals surface area contributed by atoms with Crippen LogP contribution in [-0.4, -0.2) is 52.4 Å². The number of pyridine rings is 1. The standard InChI is InChI=1S/C29H32BrN3O/c1-21(22-7-9-24(30)10-8-22)23-12-17-33(18-13-23)29(2)14-19-32(20-15-29)28(34)26-11-16-31-27-6-4-3-5-25(26)27/h3-11,16,23H,1,12-15,17-20H2,2H3. The summed E-state index contributed by atoms with van der Waals surface area (Å²) in [5.74, 6) is 0.674. The second kappa shape index (κ2) is 9.63. The Morgan fingerprint density at radius 3 is 2.38 bits per heavy atom. The quantitative estimate of drug-likeness (QED) is 0.400. The lowest BCUT2D eigenvalue weighted by Gasteiger charge is -2.49. The highest BCUT2D eigenvalue weighted by atomic mass is 79.9. The number of likely N-dealkylation sites (tertiary alicyclic amines) is 2. The van der Waals surface area contributed by atoms with Crippen LogP contribution in [0.3, 0.4) is 0 Å². The molecule has 0 radical (unpaired) electrons. The molecule has 3 aromatic rings. The Bertz CT molecular complexity index is 1180. The van der Waals surface area contributed by atoms with Gasteiger partial charge in [0, 0.05) is 34.7 Å². The van der Waals surface area contributed by atoms with Crippen LogP contribution in [0.1, 0.15) is 48.5 Å². The molecule has 2 saturated heterocycles. The first-order valence-electron chi connectivity index (χ1n) is 12.3. The van der Waals surface area contributed by atoms with E-state index in [0.29, 0.717) is 5.92 Å². The molecule has 4 nitrogen and oxygen atoms in total. The smallest absolute Gasteiger partial charge is 0.254 e. The van der Waals surface area contributed by atoms with Crippen molar-refractivity contribution in [2.24, 2.45) is 5.92 Å². The van der Waals surface area contributed by atoms with Gasteiger partial charge in [-0.1, -0.05) is 52.8 Å². The predicted octanol–water partition coefficient (Wildman–Crippen LogP) is 6.42. The summed E-state index contributed by atoms with van der Waals surface area (Å²) in [6.07, 6.45) is 6.07. The molecule has 1 amide bonds. The number of rotatable bonds is 4. The fraction of sp³-hybridized carbons (Fsp3) is 0.379. The van der Waals surface area contributed by atoms with E-state index in [1.54, 1.807) is 6.20 Å². The van der Waals surface area contributed by atoms with Gasteiger partial charge in [-0.25, -0.2) is 0 Å². The number of nitrogens with zero attached hydrogens (tertiary/aromatic N) is 3. The fourth-order valence-electron chi connectivity index (χ4n) is 5.63. The molecule has 0 atom stereocenters. The predicted molar refractivity (Wildman–Crippen MR) is 143 cm³/mol. The molecule has 2 aliphatic rings. The molecule has 0 bridgehead atoms. The van der Waals surface area contributed by atoms with Gasteiger partial charge in [0.05, 0.1) is 11.1 Å². The number of allylic oxidation sites excluding steroid dienone is 1. The zero-order chi connectivity index (χ0) is 23.7. The molecule has 3 heterocycles. The Labute approximate surface area is 210 Å². The van der Waals surface area contributed by atoms with Gasteiger partial charge in [0.2, 0.25) is 0 Å². The van der Waals surface area contributed by atoms with E-state index in [1.165, 1.54) is 11.1 Å². The summed E-state index contributed by atoms with van der Waals surface area (Å²) in [6.45, 7) is 10.6. The average Bonchev–Trinajstić information content (AvgIpc) is 2.88. The zero-order valence-electron chi connectivity index (χ0n) is 19.8. The summed E-state index contributed by atoms with van der Waals surface area (Å²) < 4.78 is 1.11. The molecule has 2 fully saturated rings. The van der Waals surface area contributed by atoms with Crippen LogP contribution in [-0.2, 0) is 0 Å². The fourth-order valence-corrected chi connectivity index (χ4v) is 5.89. The van der Waals surface area contributed by atoms with Gasteiger partial charge in [0.25, 0.3) is 5.91 Å². The minimum atomic E-state index is 0.130. The number of benzene rings is 2. The Morgan fingerprint density at radius 2 is 1.68 bits per heavy atom. The summed E-state index contributed by atoms with van der Waals surface area (Å²) in [6, 6.07) is 18.3. The minimum absolute atomic E-state index is 0.130. The Morgan fingerprint density at radius 1 is 1.00 bits per heavy atom. The number of halogens is 1. The van der Waals surface area contributed by atoms with Crippen LogP contribution in [0.5, 0.6) is 0 Å². The normalized spacial score (nSPS) is 19.3. The summed E-state index contributed by atoms with van der Waals surface area (Å²) in [4.78, 5) is 22.5. The molecule has 5 heteroatoms. The van der Waals surface area contributed by atoms with Crippen molar-refractivity contribution in [3.8, 4) is 0 Å². The van der Waals surface area contributed by atoms with E-state index in [2.05, 4.69) is 63.6 Å². The van der Waals surface area contributed by atoms with Crippen LogP contribution in [0.2, 0.25) is 0 Å². The number of para-hydroxylation sites is 1. The van der Waals surface area contributed by atoms with Crippen LogP contribution < -0.4 is 0 Å². The Hall–Kier alpha value is -2.50. The highest BCUT2D eigenvalue weighted by Crippen LogP contribution is 2.37. The van der Waals surface area contributed by atoms with E-state index >= 15 is 0 Å². The molecule has 176 valence electrons. The van der Waals surface area contributed by atoms with E-state index in [4.69, 9.17) is 0 Å². The molecule has 0 saturated carbocycles. The third-order valence-electron chi connectivity index (χ3n) is 7.97. The Balaban J connectivity index is 1.19. The molecule has 0 N–H and O–H groups in total. The maximum Gasteiger partial charge on any atom is 0.254 e. The molecular formula is C29H32BrN3O. The first-order valence-corrected chi connectivity index (χ1v) is 13.1. The molecule has 0 unspecified atom stereocenters. The molecule has 0 aliphatic carbocycles. The van der Waals surface area contributed by atoms with Crippen LogP contribution >= 0.6 is 15.9 Å². The molecule has 34 heavy (non-hydrogen) atoms. The summed E-state index contributed by atoms with van der Waals surface area (Å²) in [5.41, 5.74) is 4.32. The largest absolute Gasteiger partial charge is 0.338 e. The number of aromatic nitrogens is 1. The van der Waals surface area contributed by atoms with Gasteiger partial charge in [-0.05, 0) is 87.0 Å². The number of amides is 1. The van der Waals surface area contributed by atoms with E-state index in [0.717, 1.165) is 72.8 Å². The van der Waals surface area contributed by atoms with Crippen molar-refractivity contribution >= 4 is 38.3 Å². The van der Waals surface area contributed by atoms with E-state index in [-0.39, 0.29) is 11.4 Å². The highest BCUT2D eigenvalue weighted by molar-refractivity contribution is 9.10.